The van der Waals surface area contributed by atoms with Crippen LogP contribution in [0.2, 0.25) is 0 Å². The van der Waals surface area contributed by atoms with Crippen molar-refractivity contribution in [2.45, 2.75) is 12.2 Å². The summed E-state index contributed by atoms with van der Waals surface area (Å²) in [6.45, 7) is -0.582. The Labute approximate surface area is 149 Å². The normalized spacial score (nSPS) is 20.8. The number of para-hydroxylation sites is 2. The lowest BCUT2D eigenvalue weighted by Gasteiger charge is -2.14. The second-order valence-electron chi connectivity index (χ2n) is 5.49. The number of esters is 1. The SMILES string of the molecule is O=C1OC([C@@H](O)CO)C(=N\Nc2ccccc2)/C1=N/Nc1ccccc1. The van der Waals surface area contributed by atoms with E-state index in [9.17, 15) is 15.0 Å². The number of benzene rings is 2. The zero-order valence-electron chi connectivity index (χ0n) is 13.7. The summed E-state index contributed by atoms with van der Waals surface area (Å²) in [4.78, 5) is 12.2. The smallest absolute Gasteiger partial charge is 0.361 e. The average Bonchev–Trinajstić information content (AvgIpc) is 3.01. The van der Waals surface area contributed by atoms with Crippen molar-refractivity contribution in [2.24, 2.45) is 10.2 Å². The van der Waals surface area contributed by atoms with Gasteiger partial charge in [-0.15, -0.1) is 0 Å². The molecule has 8 heteroatoms. The Morgan fingerprint density at radius 2 is 1.50 bits per heavy atom. The standard InChI is InChI=1S/C18H18N4O4/c23-11-14(24)17-15(21-19-12-7-3-1-4-8-12)16(18(25)26-17)22-20-13-9-5-2-6-10-13/h1-10,14,17,19-20,23-24H,11H2/b21-15-,22-16-/t14-,17?/m0/s1. The van der Waals surface area contributed by atoms with Gasteiger partial charge in [-0.1, -0.05) is 36.4 Å². The van der Waals surface area contributed by atoms with Crippen LogP contribution in [0.15, 0.2) is 70.9 Å². The molecule has 26 heavy (non-hydrogen) atoms. The Balaban J connectivity index is 1.88. The van der Waals surface area contributed by atoms with E-state index in [0.29, 0.717) is 11.4 Å². The van der Waals surface area contributed by atoms with Crippen LogP contribution in [-0.2, 0) is 9.53 Å². The summed E-state index contributed by atoms with van der Waals surface area (Å²) in [6.07, 6.45) is -2.42. The van der Waals surface area contributed by atoms with Crippen LogP contribution >= 0.6 is 0 Å². The molecule has 1 aliphatic rings. The molecule has 0 saturated carbocycles. The first-order valence-electron chi connectivity index (χ1n) is 7.96. The molecule has 0 radical (unpaired) electrons. The highest BCUT2D eigenvalue weighted by Gasteiger charge is 2.42. The number of cyclic esters (lactones) is 1. The molecule has 134 valence electrons. The summed E-state index contributed by atoms with van der Waals surface area (Å²) in [7, 11) is 0. The molecular formula is C18H18N4O4. The zero-order valence-corrected chi connectivity index (χ0v) is 13.7. The number of hydrazone groups is 2. The van der Waals surface area contributed by atoms with Gasteiger partial charge in [0.25, 0.3) is 0 Å². The van der Waals surface area contributed by atoms with Gasteiger partial charge >= 0.3 is 5.97 Å². The summed E-state index contributed by atoms with van der Waals surface area (Å²) in [5.74, 6) is -0.737. The van der Waals surface area contributed by atoms with E-state index in [1.807, 2.05) is 36.4 Å². The number of aliphatic hydroxyl groups excluding tert-OH is 2. The highest BCUT2D eigenvalue weighted by molar-refractivity contribution is 6.69. The minimum absolute atomic E-state index is 0.0743. The molecular weight excluding hydrogens is 336 g/mol. The van der Waals surface area contributed by atoms with Crippen LogP contribution in [0.4, 0.5) is 11.4 Å². The molecule has 1 fully saturated rings. The van der Waals surface area contributed by atoms with Crippen molar-refractivity contribution in [3.63, 3.8) is 0 Å². The van der Waals surface area contributed by atoms with Gasteiger partial charge in [0.2, 0.25) is 0 Å². The first-order valence-corrected chi connectivity index (χ1v) is 7.96. The van der Waals surface area contributed by atoms with Crippen molar-refractivity contribution in [1.29, 1.82) is 0 Å². The fourth-order valence-electron chi connectivity index (χ4n) is 2.31. The molecule has 1 saturated heterocycles. The van der Waals surface area contributed by atoms with Crippen LogP contribution in [0.5, 0.6) is 0 Å². The maximum absolute atomic E-state index is 12.2. The maximum Gasteiger partial charge on any atom is 0.361 e. The van der Waals surface area contributed by atoms with E-state index in [2.05, 4.69) is 21.1 Å². The van der Waals surface area contributed by atoms with Gasteiger partial charge in [-0.05, 0) is 24.3 Å². The van der Waals surface area contributed by atoms with Gasteiger partial charge in [0.05, 0.1) is 18.0 Å². The molecule has 1 aliphatic heterocycles. The third-order valence-electron chi connectivity index (χ3n) is 3.63. The molecule has 0 spiro atoms. The molecule has 8 nitrogen and oxygen atoms in total. The number of nitrogens with zero attached hydrogens (tertiary/aromatic N) is 2. The minimum atomic E-state index is -1.31. The van der Waals surface area contributed by atoms with Gasteiger partial charge in [-0.25, -0.2) is 4.79 Å². The number of ether oxygens (including phenoxy) is 1. The number of aliphatic hydroxyl groups is 2. The first kappa shape index (κ1) is 17.6. The Morgan fingerprint density at radius 3 is 2.04 bits per heavy atom. The van der Waals surface area contributed by atoms with Crippen LogP contribution in [0.25, 0.3) is 0 Å². The lowest BCUT2D eigenvalue weighted by atomic mass is 10.1. The predicted octanol–water partition coefficient (Wildman–Crippen LogP) is 1.20. The van der Waals surface area contributed by atoms with Gasteiger partial charge in [-0.2, -0.15) is 10.2 Å². The van der Waals surface area contributed by atoms with Crippen molar-refractivity contribution in [1.82, 2.24) is 0 Å². The van der Waals surface area contributed by atoms with Gasteiger partial charge in [-0.3, -0.25) is 10.9 Å². The topological polar surface area (TPSA) is 116 Å². The quantitative estimate of drug-likeness (QED) is 0.458. The number of nitrogens with one attached hydrogen (secondary N) is 2. The van der Waals surface area contributed by atoms with E-state index in [1.165, 1.54) is 0 Å². The van der Waals surface area contributed by atoms with Crippen LogP contribution in [-0.4, -0.2) is 46.4 Å². The van der Waals surface area contributed by atoms with E-state index in [1.54, 1.807) is 24.3 Å². The number of carbonyl (C=O) groups excluding carboxylic acids is 1. The van der Waals surface area contributed by atoms with E-state index in [4.69, 9.17) is 4.74 Å². The second-order valence-corrected chi connectivity index (χ2v) is 5.49. The molecule has 1 heterocycles. The fraction of sp³-hybridized carbons (Fsp3) is 0.167. The molecule has 0 aromatic heterocycles. The van der Waals surface area contributed by atoms with Crippen molar-refractivity contribution in [3.8, 4) is 0 Å². The van der Waals surface area contributed by atoms with E-state index >= 15 is 0 Å². The lowest BCUT2D eigenvalue weighted by Crippen LogP contribution is -2.36. The van der Waals surface area contributed by atoms with Crippen LogP contribution < -0.4 is 10.9 Å². The third kappa shape index (κ3) is 4.05. The Kier molecular flexibility index (Phi) is 5.57. The molecule has 4 N–H and O–H groups in total. The van der Waals surface area contributed by atoms with Crippen LogP contribution in [0.1, 0.15) is 0 Å². The van der Waals surface area contributed by atoms with E-state index in [-0.39, 0.29) is 11.4 Å². The molecule has 3 rings (SSSR count). The van der Waals surface area contributed by atoms with Gasteiger partial charge in [0, 0.05) is 0 Å². The minimum Gasteiger partial charge on any atom is -0.448 e. The Bertz CT molecular complexity index is 808. The lowest BCUT2D eigenvalue weighted by molar-refractivity contribution is -0.140. The second kappa shape index (κ2) is 8.24. The molecule has 2 aromatic rings. The molecule has 1 unspecified atom stereocenters. The number of rotatable bonds is 6. The monoisotopic (exact) mass is 354 g/mol. The van der Waals surface area contributed by atoms with E-state index < -0.39 is 24.8 Å². The van der Waals surface area contributed by atoms with Gasteiger partial charge in [0.1, 0.15) is 11.8 Å². The van der Waals surface area contributed by atoms with Crippen molar-refractivity contribution >= 4 is 28.8 Å². The van der Waals surface area contributed by atoms with E-state index in [0.717, 1.165) is 0 Å². The third-order valence-corrected chi connectivity index (χ3v) is 3.63. The number of carbonyl (C=O) groups is 1. The summed E-state index contributed by atoms with van der Waals surface area (Å²) >= 11 is 0. The molecule has 0 bridgehead atoms. The van der Waals surface area contributed by atoms with Crippen molar-refractivity contribution in [2.75, 3.05) is 17.5 Å². The molecule has 2 atom stereocenters. The Morgan fingerprint density at radius 1 is 0.962 bits per heavy atom. The van der Waals surface area contributed by atoms with Crippen molar-refractivity contribution in [3.05, 3.63) is 60.7 Å². The van der Waals surface area contributed by atoms with Crippen LogP contribution in [0, 0.1) is 0 Å². The van der Waals surface area contributed by atoms with Crippen molar-refractivity contribution < 1.29 is 19.7 Å². The first-order chi connectivity index (χ1) is 12.7. The molecule has 0 amide bonds. The summed E-state index contributed by atoms with van der Waals surface area (Å²) < 4.78 is 5.13. The van der Waals surface area contributed by atoms with Gasteiger partial charge < -0.3 is 14.9 Å². The maximum atomic E-state index is 12.2. The van der Waals surface area contributed by atoms with Gasteiger partial charge in [0.15, 0.2) is 11.8 Å². The fourth-order valence-corrected chi connectivity index (χ4v) is 2.31. The largest absolute Gasteiger partial charge is 0.448 e. The number of hydrogen-bond acceptors (Lipinski definition) is 8. The summed E-state index contributed by atoms with van der Waals surface area (Å²) in [5.41, 5.74) is 6.94. The number of hydrogen-bond donors (Lipinski definition) is 4. The Hall–Kier alpha value is -3.23. The summed E-state index contributed by atoms with van der Waals surface area (Å²) in [6, 6.07) is 18.1. The number of anilines is 2. The molecule has 2 aromatic carbocycles. The predicted molar refractivity (Wildman–Crippen MR) is 98.0 cm³/mol. The highest BCUT2D eigenvalue weighted by atomic mass is 16.6. The van der Waals surface area contributed by atoms with Crippen LogP contribution in [0.3, 0.4) is 0 Å². The zero-order chi connectivity index (χ0) is 18.4. The molecule has 0 aliphatic carbocycles. The summed E-state index contributed by atoms with van der Waals surface area (Å²) in [5, 5.41) is 27.4. The highest BCUT2D eigenvalue weighted by Crippen LogP contribution is 2.16. The average molecular weight is 354 g/mol.